The lowest BCUT2D eigenvalue weighted by Crippen LogP contribution is -2.50. The van der Waals surface area contributed by atoms with Gasteiger partial charge in [-0.25, -0.2) is 13.1 Å². The van der Waals surface area contributed by atoms with Gasteiger partial charge in [-0.15, -0.1) is 0 Å². The molecule has 0 bridgehead atoms. The maximum Gasteiger partial charge on any atom is 0.243 e. The second kappa shape index (κ2) is 16.8. The average Bonchev–Trinajstić information content (AvgIpc) is 2.98. The highest BCUT2D eigenvalue weighted by atomic mass is 32.2. The molecule has 3 aromatic carbocycles. The van der Waals surface area contributed by atoms with Gasteiger partial charge in [0.25, 0.3) is 0 Å². The Labute approximate surface area is 250 Å². The molecule has 9 heteroatoms. The van der Waals surface area contributed by atoms with E-state index in [1.54, 1.807) is 36.1 Å². The van der Waals surface area contributed by atoms with Gasteiger partial charge in [0.05, 0.1) is 11.0 Å². The zero-order valence-electron chi connectivity index (χ0n) is 24.8. The maximum atomic E-state index is 13.8. The fraction of sp³-hybridized carbons (Fsp3) is 0.394. The molecule has 0 aliphatic rings. The lowest BCUT2D eigenvalue weighted by Gasteiger charge is -2.31. The maximum absolute atomic E-state index is 13.8. The molecule has 0 fully saturated rings. The van der Waals surface area contributed by atoms with Gasteiger partial charge in [-0.2, -0.15) is 0 Å². The van der Waals surface area contributed by atoms with Crippen molar-refractivity contribution in [2.45, 2.75) is 70.0 Å². The summed E-state index contributed by atoms with van der Waals surface area (Å²) in [5.41, 5.74) is 2.73. The van der Waals surface area contributed by atoms with Gasteiger partial charge in [-0.1, -0.05) is 79.7 Å². The summed E-state index contributed by atoms with van der Waals surface area (Å²) in [5, 5.41) is 3.03. The number of aryl methyl sites for hydroxylation is 1. The molecule has 1 unspecified atom stereocenters. The Kier molecular flexibility index (Phi) is 13.2. The largest absolute Gasteiger partial charge is 0.379 e. The van der Waals surface area contributed by atoms with Crippen LogP contribution in [-0.4, -0.2) is 57.0 Å². The minimum atomic E-state index is -3.55. The standard InChI is InChI=1S/C33H43N3O5S/c1-4-35-42(39,40)30-19-16-27(17-20-30)18-21-32(37)36(25-29-14-9-6-10-15-29)31(24-28-12-7-5-8-13-28)33(38)34-22-11-23-41-26(2)3/h5-10,12-17,19-20,26,31,35H,4,11,18,21-25H2,1-3H3,(H,34,38). The van der Waals surface area contributed by atoms with Gasteiger partial charge in [0.1, 0.15) is 6.04 Å². The molecule has 0 saturated heterocycles. The Morgan fingerprint density at radius 2 is 1.48 bits per heavy atom. The van der Waals surface area contributed by atoms with Crippen LogP contribution in [0, 0.1) is 0 Å². The molecular weight excluding hydrogens is 550 g/mol. The van der Waals surface area contributed by atoms with E-state index in [0.717, 1.165) is 16.7 Å². The van der Waals surface area contributed by atoms with Crippen LogP contribution in [0.4, 0.5) is 0 Å². The third-order valence-corrected chi connectivity index (χ3v) is 8.30. The predicted molar refractivity (Wildman–Crippen MR) is 165 cm³/mol. The van der Waals surface area contributed by atoms with Gasteiger partial charge in [0, 0.05) is 39.1 Å². The van der Waals surface area contributed by atoms with E-state index in [2.05, 4.69) is 10.0 Å². The monoisotopic (exact) mass is 593 g/mol. The van der Waals surface area contributed by atoms with E-state index >= 15 is 0 Å². The number of benzene rings is 3. The number of hydrogen-bond acceptors (Lipinski definition) is 5. The normalized spacial score (nSPS) is 12.2. The van der Waals surface area contributed by atoms with Crippen LogP contribution in [0.15, 0.2) is 89.8 Å². The molecule has 3 aromatic rings. The minimum Gasteiger partial charge on any atom is -0.379 e. The Morgan fingerprint density at radius 3 is 2.07 bits per heavy atom. The third-order valence-electron chi connectivity index (χ3n) is 6.73. The zero-order valence-corrected chi connectivity index (χ0v) is 25.6. The summed E-state index contributed by atoms with van der Waals surface area (Å²) in [6, 6.07) is 25.2. The van der Waals surface area contributed by atoms with Crippen LogP contribution < -0.4 is 10.0 Å². The Hall–Kier alpha value is -3.53. The van der Waals surface area contributed by atoms with Crippen molar-refractivity contribution >= 4 is 21.8 Å². The van der Waals surface area contributed by atoms with Gasteiger partial charge in [0.15, 0.2) is 0 Å². The van der Waals surface area contributed by atoms with Crippen molar-refractivity contribution in [3.05, 3.63) is 102 Å². The van der Waals surface area contributed by atoms with Crippen LogP contribution in [0.3, 0.4) is 0 Å². The average molecular weight is 594 g/mol. The molecule has 0 saturated carbocycles. The molecule has 2 N–H and O–H groups in total. The van der Waals surface area contributed by atoms with Crippen molar-refractivity contribution in [2.75, 3.05) is 19.7 Å². The van der Waals surface area contributed by atoms with Crippen LogP contribution in [0.1, 0.15) is 50.3 Å². The first kappa shape index (κ1) is 33.0. The number of carbonyl (C=O) groups is 2. The van der Waals surface area contributed by atoms with Gasteiger partial charge >= 0.3 is 0 Å². The topological polar surface area (TPSA) is 105 Å². The van der Waals surface area contributed by atoms with Crippen molar-refractivity contribution in [3.63, 3.8) is 0 Å². The molecular formula is C33H43N3O5S. The highest BCUT2D eigenvalue weighted by Gasteiger charge is 2.30. The van der Waals surface area contributed by atoms with Crippen LogP contribution in [-0.2, 0) is 43.7 Å². The summed E-state index contributed by atoms with van der Waals surface area (Å²) in [6.45, 7) is 7.27. The van der Waals surface area contributed by atoms with Crippen LogP contribution in [0.25, 0.3) is 0 Å². The van der Waals surface area contributed by atoms with Crippen molar-refractivity contribution < 1.29 is 22.7 Å². The molecule has 2 amide bonds. The highest BCUT2D eigenvalue weighted by Crippen LogP contribution is 2.18. The van der Waals surface area contributed by atoms with Gasteiger partial charge in [-0.05, 0) is 55.5 Å². The summed E-state index contributed by atoms with van der Waals surface area (Å²) in [5.74, 6) is -0.354. The van der Waals surface area contributed by atoms with Crippen LogP contribution in [0.5, 0.6) is 0 Å². The van der Waals surface area contributed by atoms with E-state index in [-0.39, 0.29) is 29.2 Å². The van der Waals surface area contributed by atoms with E-state index in [1.165, 1.54) is 0 Å². The molecule has 8 nitrogen and oxygen atoms in total. The molecule has 0 radical (unpaired) electrons. The number of carbonyl (C=O) groups excluding carboxylic acids is 2. The molecule has 0 aliphatic carbocycles. The lowest BCUT2D eigenvalue weighted by atomic mass is 10.0. The first-order chi connectivity index (χ1) is 20.2. The quantitative estimate of drug-likeness (QED) is 0.225. The van der Waals surface area contributed by atoms with E-state index in [1.807, 2.05) is 74.5 Å². The van der Waals surface area contributed by atoms with E-state index in [4.69, 9.17) is 4.74 Å². The van der Waals surface area contributed by atoms with Crippen molar-refractivity contribution in [1.29, 1.82) is 0 Å². The summed E-state index contributed by atoms with van der Waals surface area (Å²) < 4.78 is 32.7. The highest BCUT2D eigenvalue weighted by molar-refractivity contribution is 7.89. The van der Waals surface area contributed by atoms with E-state index in [0.29, 0.717) is 45.5 Å². The molecule has 0 spiro atoms. The molecule has 0 aliphatic heterocycles. The number of amides is 2. The predicted octanol–water partition coefficient (Wildman–Crippen LogP) is 4.49. The van der Waals surface area contributed by atoms with Crippen LogP contribution in [0.2, 0.25) is 0 Å². The number of ether oxygens (including phenoxy) is 1. The fourth-order valence-corrected chi connectivity index (χ4v) is 5.60. The fourth-order valence-electron chi connectivity index (χ4n) is 4.56. The molecule has 0 heterocycles. The van der Waals surface area contributed by atoms with Gasteiger partial charge in [-0.3, -0.25) is 9.59 Å². The molecule has 42 heavy (non-hydrogen) atoms. The summed E-state index contributed by atoms with van der Waals surface area (Å²) in [4.78, 5) is 29.3. The SMILES string of the molecule is CCNS(=O)(=O)c1ccc(CCC(=O)N(Cc2ccccc2)C(Cc2ccccc2)C(=O)NCCCOC(C)C)cc1. The zero-order chi connectivity index (χ0) is 30.4. The first-order valence-corrected chi connectivity index (χ1v) is 16.0. The van der Waals surface area contributed by atoms with Crippen LogP contribution >= 0.6 is 0 Å². The summed E-state index contributed by atoms with van der Waals surface area (Å²) >= 11 is 0. The second-order valence-corrected chi connectivity index (χ2v) is 12.2. The van der Waals surface area contributed by atoms with Crippen molar-refractivity contribution in [2.24, 2.45) is 0 Å². The van der Waals surface area contributed by atoms with Crippen molar-refractivity contribution in [1.82, 2.24) is 14.9 Å². The van der Waals surface area contributed by atoms with E-state index in [9.17, 15) is 18.0 Å². The summed E-state index contributed by atoms with van der Waals surface area (Å²) in [7, 11) is -3.55. The molecule has 3 rings (SSSR count). The second-order valence-electron chi connectivity index (χ2n) is 10.4. The minimum absolute atomic E-state index is 0.124. The van der Waals surface area contributed by atoms with Gasteiger partial charge < -0.3 is 15.0 Å². The Bertz CT molecular complexity index is 1350. The number of nitrogens with zero attached hydrogens (tertiary/aromatic N) is 1. The molecule has 0 aromatic heterocycles. The number of hydrogen-bond donors (Lipinski definition) is 2. The molecule has 226 valence electrons. The number of nitrogens with one attached hydrogen (secondary N) is 2. The lowest BCUT2D eigenvalue weighted by molar-refractivity contribution is -0.141. The summed E-state index contributed by atoms with van der Waals surface area (Å²) in [6.07, 6.45) is 1.77. The van der Waals surface area contributed by atoms with Crippen molar-refractivity contribution in [3.8, 4) is 0 Å². The Balaban J connectivity index is 1.80. The van der Waals surface area contributed by atoms with E-state index < -0.39 is 16.1 Å². The number of sulfonamides is 1. The number of rotatable bonds is 17. The first-order valence-electron chi connectivity index (χ1n) is 14.5. The third kappa shape index (κ3) is 10.7. The Morgan fingerprint density at radius 1 is 0.857 bits per heavy atom. The van der Waals surface area contributed by atoms with Gasteiger partial charge in [0.2, 0.25) is 21.8 Å². The molecule has 1 atom stereocenters. The smallest absolute Gasteiger partial charge is 0.243 e.